The van der Waals surface area contributed by atoms with Gasteiger partial charge >= 0.3 is 5.97 Å². The van der Waals surface area contributed by atoms with Crippen molar-refractivity contribution in [3.63, 3.8) is 0 Å². The van der Waals surface area contributed by atoms with E-state index in [1.54, 1.807) is 24.4 Å². The quantitative estimate of drug-likeness (QED) is 0.519. The topological polar surface area (TPSA) is 74.8 Å². The second kappa shape index (κ2) is 7.02. The second-order valence-electron chi connectivity index (χ2n) is 4.94. The van der Waals surface area contributed by atoms with Gasteiger partial charge in [0.2, 0.25) is 0 Å². The predicted octanol–water partition coefficient (Wildman–Crippen LogP) is 4.74. The van der Waals surface area contributed by atoms with Gasteiger partial charge in [0.05, 0.1) is 22.5 Å². The van der Waals surface area contributed by atoms with Gasteiger partial charge in [0, 0.05) is 5.56 Å². The molecule has 0 radical (unpaired) electrons. The van der Waals surface area contributed by atoms with E-state index >= 15 is 0 Å². The molecule has 0 unspecified atom stereocenters. The molecule has 0 saturated carbocycles. The minimum absolute atomic E-state index is 0.0338. The van der Waals surface area contributed by atoms with Crippen LogP contribution in [0, 0.1) is 0 Å². The summed E-state index contributed by atoms with van der Waals surface area (Å²) >= 11 is 5.87. The molecule has 0 aliphatic carbocycles. The number of hydrazone groups is 1. The number of rotatable bonds is 5. The lowest BCUT2D eigenvalue weighted by atomic mass is 10.1. The fourth-order valence-corrected chi connectivity index (χ4v) is 2.30. The maximum Gasteiger partial charge on any atom is 0.337 e. The summed E-state index contributed by atoms with van der Waals surface area (Å²) in [4.78, 5) is 11.1. The Kier molecular flexibility index (Phi) is 4.63. The van der Waals surface area contributed by atoms with Crippen molar-refractivity contribution in [2.75, 3.05) is 5.43 Å². The van der Waals surface area contributed by atoms with Crippen molar-refractivity contribution in [1.82, 2.24) is 0 Å². The van der Waals surface area contributed by atoms with Crippen molar-refractivity contribution in [2.24, 2.45) is 5.10 Å². The molecule has 0 aliphatic rings. The van der Waals surface area contributed by atoms with Crippen molar-refractivity contribution in [3.8, 4) is 11.3 Å². The number of nitrogens with zero attached hydrogens (tertiary/aromatic N) is 1. The molecule has 3 aromatic rings. The smallest absolute Gasteiger partial charge is 0.337 e. The van der Waals surface area contributed by atoms with Gasteiger partial charge in [-0.15, -0.1) is 0 Å². The third-order valence-electron chi connectivity index (χ3n) is 3.27. The summed E-state index contributed by atoms with van der Waals surface area (Å²) < 4.78 is 5.66. The van der Waals surface area contributed by atoms with Crippen LogP contribution in [-0.4, -0.2) is 17.3 Å². The lowest BCUT2D eigenvalue weighted by Crippen LogP contribution is -1.97. The van der Waals surface area contributed by atoms with Crippen LogP contribution in [0.2, 0.25) is 5.02 Å². The first-order valence-corrected chi connectivity index (χ1v) is 7.48. The van der Waals surface area contributed by atoms with E-state index in [0.717, 1.165) is 5.69 Å². The first-order valence-electron chi connectivity index (χ1n) is 7.10. The standard InChI is InChI=1S/C18H13ClN2O3/c19-16-8-6-12(10-15(16)18(22)23)17-9-7-14(24-17)11-20-21-13-4-2-1-3-5-13/h1-11,21H,(H,22,23)/b20-11-. The van der Waals surface area contributed by atoms with Gasteiger partial charge in [0.25, 0.3) is 0 Å². The van der Waals surface area contributed by atoms with E-state index < -0.39 is 5.97 Å². The average molecular weight is 341 g/mol. The Morgan fingerprint density at radius 1 is 1.12 bits per heavy atom. The molecule has 0 saturated heterocycles. The van der Waals surface area contributed by atoms with Gasteiger partial charge in [0.1, 0.15) is 11.5 Å². The summed E-state index contributed by atoms with van der Waals surface area (Å²) in [6.07, 6.45) is 1.55. The Morgan fingerprint density at radius 3 is 2.67 bits per heavy atom. The number of nitrogens with one attached hydrogen (secondary N) is 1. The monoisotopic (exact) mass is 340 g/mol. The third-order valence-corrected chi connectivity index (χ3v) is 3.60. The number of benzene rings is 2. The number of furan rings is 1. The normalized spacial score (nSPS) is 10.9. The molecule has 0 spiro atoms. The van der Waals surface area contributed by atoms with E-state index in [9.17, 15) is 4.79 Å². The zero-order chi connectivity index (χ0) is 16.9. The highest BCUT2D eigenvalue weighted by Gasteiger charge is 2.12. The zero-order valence-electron chi connectivity index (χ0n) is 12.4. The van der Waals surface area contributed by atoms with E-state index in [2.05, 4.69) is 10.5 Å². The first kappa shape index (κ1) is 15.8. The number of halogens is 1. The number of carboxylic acids is 1. The molecule has 2 N–H and O–H groups in total. The van der Waals surface area contributed by atoms with Gasteiger partial charge in [-0.1, -0.05) is 29.8 Å². The highest BCUT2D eigenvalue weighted by molar-refractivity contribution is 6.33. The van der Waals surface area contributed by atoms with Crippen LogP contribution in [0.5, 0.6) is 0 Å². The molecule has 120 valence electrons. The van der Waals surface area contributed by atoms with E-state index in [-0.39, 0.29) is 10.6 Å². The summed E-state index contributed by atoms with van der Waals surface area (Å²) in [5, 5.41) is 13.4. The number of aromatic carboxylic acids is 1. The molecule has 2 aromatic carbocycles. The Bertz CT molecular complexity index is 888. The highest BCUT2D eigenvalue weighted by atomic mass is 35.5. The Hall–Kier alpha value is -3.05. The van der Waals surface area contributed by atoms with Crippen molar-refractivity contribution in [1.29, 1.82) is 0 Å². The first-order chi connectivity index (χ1) is 11.6. The van der Waals surface area contributed by atoms with Crippen molar-refractivity contribution >= 4 is 29.5 Å². The summed E-state index contributed by atoms with van der Waals surface area (Å²) in [6, 6.07) is 17.7. The molecule has 0 aliphatic heterocycles. The van der Waals surface area contributed by atoms with Gasteiger partial charge in [0.15, 0.2) is 0 Å². The predicted molar refractivity (Wildman–Crippen MR) is 93.8 cm³/mol. The number of anilines is 1. The van der Waals surface area contributed by atoms with Crippen LogP contribution in [0.25, 0.3) is 11.3 Å². The minimum atomic E-state index is -1.08. The summed E-state index contributed by atoms with van der Waals surface area (Å²) in [5.74, 6) is -0.00200. The van der Waals surface area contributed by atoms with Crippen LogP contribution in [0.3, 0.4) is 0 Å². The van der Waals surface area contributed by atoms with E-state index in [1.165, 1.54) is 12.1 Å². The number of para-hydroxylation sites is 1. The van der Waals surface area contributed by atoms with E-state index in [4.69, 9.17) is 21.1 Å². The number of carboxylic acid groups (broad SMARTS) is 1. The van der Waals surface area contributed by atoms with Crippen molar-refractivity contribution in [2.45, 2.75) is 0 Å². The number of carbonyl (C=O) groups is 1. The fraction of sp³-hybridized carbons (Fsp3) is 0. The minimum Gasteiger partial charge on any atom is -0.478 e. The summed E-state index contributed by atoms with van der Waals surface area (Å²) in [5.41, 5.74) is 4.42. The molecular formula is C18H13ClN2O3. The molecule has 1 aromatic heterocycles. The highest BCUT2D eigenvalue weighted by Crippen LogP contribution is 2.26. The van der Waals surface area contributed by atoms with Crippen LogP contribution in [0.1, 0.15) is 16.1 Å². The molecule has 5 nitrogen and oxygen atoms in total. The molecular weight excluding hydrogens is 328 g/mol. The van der Waals surface area contributed by atoms with Crippen LogP contribution in [0.15, 0.2) is 70.2 Å². The molecule has 3 rings (SSSR count). The maximum atomic E-state index is 11.1. The SMILES string of the molecule is O=C(O)c1cc(-c2ccc(/C=N\Nc3ccccc3)o2)ccc1Cl. The van der Waals surface area contributed by atoms with E-state index in [0.29, 0.717) is 17.1 Å². The molecule has 0 bridgehead atoms. The molecule has 24 heavy (non-hydrogen) atoms. The molecule has 6 heteroatoms. The second-order valence-corrected chi connectivity index (χ2v) is 5.35. The third kappa shape index (κ3) is 3.64. The van der Waals surface area contributed by atoms with Crippen LogP contribution < -0.4 is 5.43 Å². The van der Waals surface area contributed by atoms with Gasteiger partial charge in [-0.05, 0) is 42.5 Å². The van der Waals surface area contributed by atoms with Crippen molar-refractivity contribution in [3.05, 3.63) is 77.0 Å². The van der Waals surface area contributed by atoms with Gasteiger partial charge < -0.3 is 9.52 Å². The maximum absolute atomic E-state index is 11.1. The number of hydrogen-bond acceptors (Lipinski definition) is 4. The van der Waals surface area contributed by atoms with Crippen molar-refractivity contribution < 1.29 is 14.3 Å². The molecule has 0 fully saturated rings. The molecule has 0 amide bonds. The average Bonchev–Trinajstić information content (AvgIpc) is 3.05. The summed E-state index contributed by atoms with van der Waals surface area (Å²) in [7, 11) is 0. The van der Waals surface area contributed by atoms with Crippen LogP contribution in [0.4, 0.5) is 5.69 Å². The Labute approximate surface area is 143 Å². The number of hydrogen-bond donors (Lipinski definition) is 2. The summed E-state index contributed by atoms with van der Waals surface area (Å²) in [6.45, 7) is 0. The Morgan fingerprint density at radius 2 is 1.92 bits per heavy atom. The Balaban J connectivity index is 1.76. The van der Waals surface area contributed by atoms with E-state index in [1.807, 2.05) is 30.3 Å². The molecule has 1 heterocycles. The molecule has 0 atom stereocenters. The lowest BCUT2D eigenvalue weighted by molar-refractivity contribution is 0.0697. The van der Waals surface area contributed by atoms with Gasteiger partial charge in [-0.2, -0.15) is 5.10 Å². The lowest BCUT2D eigenvalue weighted by Gasteiger charge is -2.02. The fourth-order valence-electron chi connectivity index (χ4n) is 2.10. The van der Waals surface area contributed by atoms with Crippen LogP contribution >= 0.6 is 11.6 Å². The largest absolute Gasteiger partial charge is 0.478 e. The van der Waals surface area contributed by atoms with Gasteiger partial charge in [-0.3, -0.25) is 5.43 Å². The van der Waals surface area contributed by atoms with Gasteiger partial charge in [-0.25, -0.2) is 4.79 Å². The van der Waals surface area contributed by atoms with Crippen LogP contribution in [-0.2, 0) is 0 Å². The zero-order valence-corrected chi connectivity index (χ0v) is 13.2.